The number of phenols is 1. The number of fused-ring (bicyclic) bond motifs is 1. The van der Waals surface area contributed by atoms with Crippen LogP contribution in [0.4, 0.5) is 5.69 Å². The van der Waals surface area contributed by atoms with Gasteiger partial charge in [0, 0.05) is 10.6 Å². The van der Waals surface area contributed by atoms with Crippen molar-refractivity contribution in [3.63, 3.8) is 0 Å². The molecule has 2 aromatic rings. The van der Waals surface area contributed by atoms with Gasteiger partial charge in [-0.3, -0.25) is 0 Å². The molecule has 0 bridgehead atoms. The summed E-state index contributed by atoms with van der Waals surface area (Å²) in [6, 6.07) is 11.2. The lowest BCUT2D eigenvalue weighted by molar-refractivity contribution is 0.199. The molecule has 1 unspecified atom stereocenters. The van der Waals surface area contributed by atoms with Gasteiger partial charge in [0.1, 0.15) is 17.6 Å². The third-order valence-corrected chi connectivity index (χ3v) is 3.97. The summed E-state index contributed by atoms with van der Waals surface area (Å²) in [7, 11) is 0. The van der Waals surface area contributed by atoms with Crippen molar-refractivity contribution in [3.05, 3.63) is 52.5 Å². The van der Waals surface area contributed by atoms with Gasteiger partial charge in [0.2, 0.25) is 0 Å². The molecule has 0 radical (unpaired) electrons. The Labute approximate surface area is 122 Å². The summed E-state index contributed by atoms with van der Waals surface area (Å²) in [4.78, 5) is 0. The number of hydrogen-bond acceptors (Lipinski definition) is 3. The predicted molar refractivity (Wildman–Crippen MR) is 80.3 cm³/mol. The summed E-state index contributed by atoms with van der Waals surface area (Å²) in [5, 5.41) is 10.3. The van der Waals surface area contributed by atoms with Crippen LogP contribution in [0.15, 0.2) is 36.4 Å². The van der Waals surface area contributed by atoms with Gasteiger partial charge in [0.15, 0.2) is 0 Å². The number of nitrogen functional groups attached to an aromatic ring is 1. The van der Waals surface area contributed by atoms with Crippen molar-refractivity contribution in [1.29, 1.82) is 0 Å². The topological polar surface area (TPSA) is 55.5 Å². The fourth-order valence-electron chi connectivity index (χ4n) is 2.57. The number of rotatable bonds is 1. The third kappa shape index (κ3) is 2.41. The molecule has 20 heavy (non-hydrogen) atoms. The number of aryl methyl sites for hydroxylation is 1. The lowest BCUT2D eigenvalue weighted by Crippen LogP contribution is -2.07. The Kier molecular flexibility index (Phi) is 3.45. The van der Waals surface area contributed by atoms with E-state index in [1.165, 1.54) is 5.56 Å². The molecule has 3 rings (SSSR count). The van der Waals surface area contributed by atoms with Crippen LogP contribution >= 0.6 is 11.6 Å². The van der Waals surface area contributed by atoms with E-state index in [4.69, 9.17) is 22.1 Å². The largest absolute Gasteiger partial charge is 0.506 e. The second kappa shape index (κ2) is 5.25. The zero-order valence-electron chi connectivity index (χ0n) is 11.0. The van der Waals surface area contributed by atoms with Gasteiger partial charge in [0.25, 0.3) is 0 Å². The van der Waals surface area contributed by atoms with E-state index in [9.17, 15) is 5.11 Å². The summed E-state index contributed by atoms with van der Waals surface area (Å²) in [6.45, 7) is 0. The molecule has 0 spiro atoms. The van der Waals surface area contributed by atoms with E-state index in [1.54, 1.807) is 12.1 Å². The molecule has 104 valence electrons. The van der Waals surface area contributed by atoms with Crippen LogP contribution in [-0.2, 0) is 6.42 Å². The van der Waals surface area contributed by atoms with Gasteiger partial charge in [-0.1, -0.05) is 29.8 Å². The van der Waals surface area contributed by atoms with Crippen molar-refractivity contribution in [3.8, 4) is 11.5 Å². The molecule has 0 aliphatic carbocycles. The third-order valence-electron chi connectivity index (χ3n) is 3.65. The highest BCUT2D eigenvalue weighted by molar-refractivity contribution is 6.31. The van der Waals surface area contributed by atoms with Crippen LogP contribution in [0.5, 0.6) is 11.5 Å². The normalized spacial score (nSPS) is 17.9. The smallest absolute Gasteiger partial charge is 0.138 e. The minimum Gasteiger partial charge on any atom is -0.506 e. The van der Waals surface area contributed by atoms with Crippen molar-refractivity contribution in [1.82, 2.24) is 0 Å². The van der Waals surface area contributed by atoms with Gasteiger partial charge in [-0.15, -0.1) is 0 Å². The number of phenolic OH excluding ortho intramolecular Hbond substituents is 1. The first-order chi connectivity index (χ1) is 9.65. The van der Waals surface area contributed by atoms with Crippen molar-refractivity contribution < 1.29 is 9.84 Å². The van der Waals surface area contributed by atoms with E-state index < -0.39 is 0 Å². The highest BCUT2D eigenvalue weighted by Crippen LogP contribution is 2.39. The number of benzene rings is 2. The van der Waals surface area contributed by atoms with Gasteiger partial charge >= 0.3 is 0 Å². The van der Waals surface area contributed by atoms with Crippen molar-refractivity contribution in [2.75, 3.05) is 5.73 Å². The standard InChI is InChI=1S/C16H16ClNO2/c17-12-9-13(18)14(19)8-11(12)16-7-3-5-10-4-1-2-6-15(10)20-16/h1-2,4,6,8-9,16,19H,3,5,7,18H2. The molecule has 3 nitrogen and oxygen atoms in total. The average molecular weight is 290 g/mol. The Hall–Kier alpha value is -1.87. The van der Waals surface area contributed by atoms with Crippen LogP contribution in [0.2, 0.25) is 5.02 Å². The molecule has 4 heteroatoms. The molecule has 0 saturated heterocycles. The predicted octanol–water partition coefficient (Wildman–Crippen LogP) is 4.08. The summed E-state index contributed by atoms with van der Waals surface area (Å²) < 4.78 is 6.08. The van der Waals surface area contributed by atoms with Gasteiger partial charge in [-0.2, -0.15) is 0 Å². The molecule has 1 aliphatic heterocycles. The van der Waals surface area contributed by atoms with E-state index in [1.807, 2.05) is 18.2 Å². The fourth-order valence-corrected chi connectivity index (χ4v) is 2.87. The van der Waals surface area contributed by atoms with Crippen LogP contribution in [0.25, 0.3) is 0 Å². The molecule has 1 heterocycles. The van der Waals surface area contributed by atoms with Gasteiger partial charge in [0.05, 0.1) is 5.69 Å². The van der Waals surface area contributed by atoms with Crippen molar-refractivity contribution >= 4 is 17.3 Å². The molecule has 1 atom stereocenters. The van der Waals surface area contributed by atoms with Gasteiger partial charge < -0.3 is 15.6 Å². The van der Waals surface area contributed by atoms with Gasteiger partial charge in [-0.25, -0.2) is 0 Å². The zero-order chi connectivity index (χ0) is 14.1. The number of halogens is 1. The monoisotopic (exact) mass is 289 g/mol. The number of ether oxygens (including phenoxy) is 1. The summed E-state index contributed by atoms with van der Waals surface area (Å²) in [6.07, 6.45) is 2.71. The molecule has 0 saturated carbocycles. The molecule has 0 aromatic heterocycles. The summed E-state index contributed by atoms with van der Waals surface area (Å²) in [5.74, 6) is 0.938. The highest BCUT2D eigenvalue weighted by Gasteiger charge is 2.22. The van der Waals surface area contributed by atoms with Crippen LogP contribution in [0.3, 0.4) is 0 Å². The Morgan fingerprint density at radius 2 is 2.05 bits per heavy atom. The second-order valence-corrected chi connectivity index (χ2v) is 5.45. The molecule has 0 amide bonds. The number of hydrogen-bond donors (Lipinski definition) is 2. The molecular weight excluding hydrogens is 274 g/mol. The molecule has 0 fully saturated rings. The molecule has 1 aliphatic rings. The maximum absolute atomic E-state index is 9.78. The van der Waals surface area contributed by atoms with Crippen LogP contribution in [0, 0.1) is 0 Å². The first kappa shape index (κ1) is 13.1. The Balaban J connectivity index is 1.97. The van der Waals surface area contributed by atoms with E-state index in [-0.39, 0.29) is 17.5 Å². The Morgan fingerprint density at radius 1 is 1.25 bits per heavy atom. The number of nitrogens with two attached hydrogens (primary N) is 1. The van der Waals surface area contributed by atoms with Gasteiger partial charge in [-0.05, 0) is 43.0 Å². The molecular formula is C16H16ClNO2. The van der Waals surface area contributed by atoms with Crippen LogP contribution in [-0.4, -0.2) is 5.11 Å². The minimum absolute atomic E-state index is 0.0468. The Morgan fingerprint density at radius 3 is 2.90 bits per heavy atom. The van der Waals surface area contributed by atoms with Crippen molar-refractivity contribution in [2.24, 2.45) is 0 Å². The zero-order valence-corrected chi connectivity index (χ0v) is 11.7. The Bertz CT molecular complexity index is 642. The van der Waals surface area contributed by atoms with E-state index in [0.29, 0.717) is 5.02 Å². The first-order valence-electron chi connectivity index (χ1n) is 6.67. The van der Waals surface area contributed by atoms with Crippen molar-refractivity contribution in [2.45, 2.75) is 25.4 Å². The number of aromatic hydroxyl groups is 1. The SMILES string of the molecule is Nc1cc(Cl)c(C2CCCc3ccccc3O2)cc1O. The first-order valence-corrected chi connectivity index (χ1v) is 7.05. The van der Waals surface area contributed by atoms with Crippen LogP contribution < -0.4 is 10.5 Å². The average Bonchev–Trinajstić information content (AvgIpc) is 2.65. The van der Waals surface area contributed by atoms with E-state index >= 15 is 0 Å². The van der Waals surface area contributed by atoms with E-state index in [0.717, 1.165) is 30.6 Å². The maximum Gasteiger partial charge on any atom is 0.138 e. The lowest BCUT2D eigenvalue weighted by Gasteiger charge is -2.19. The molecule has 3 N–H and O–H groups in total. The molecule has 2 aromatic carbocycles. The van der Waals surface area contributed by atoms with Crippen LogP contribution in [0.1, 0.15) is 30.1 Å². The highest BCUT2D eigenvalue weighted by atomic mass is 35.5. The number of para-hydroxylation sites is 1. The lowest BCUT2D eigenvalue weighted by atomic mass is 10.0. The quantitative estimate of drug-likeness (QED) is 0.614. The summed E-state index contributed by atoms with van der Waals surface area (Å²) in [5.41, 5.74) is 7.94. The minimum atomic E-state index is -0.155. The maximum atomic E-state index is 9.78. The number of anilines is 1. The summed E-state index contributed by atoms with van der Waals surface area (Å²) >= 11 is 6.24. The second-order valence-electron chi connectivity index (χ2n) is 5.04. The fraction of sp³-hybridized carbons (Fsp3) is 0.250. The van der Waals surface area contributed by atoms with E-state index in [2.05, 4.69) is 6.07 Å².